The Morgan fingerprint density at radius 2 is 1.95 bits per heavy atom. The molecule has 15 heteroatoms. The van der Waals surface area contributed by atoms with E-state index in [1.807, 2.05) is 7.05 Å². The van der Waals surface area contributed by atoms with Gasteiger partial charge in [0, 0.05) is 55.3 Å². The van der Waals surface area contributed by atoms with Gasteiger partial charge in [0.25, 0.3) is 5.69 Å². The largest absolute Gasteiger partial charge is 0.490 e. The molecule has 236 valence electrons. The zero-order valence-electron chi connectivity index (χ0n) is 25.0. The molecule has 2 aliphatic heterocycles. The number of non-ortho nitro benzene ring substituents is 1. The van der Waals surface area contributed by atoms with E-state index in [-0.39, 0.29) is 17.9 Å². The molecule has 0 unspecified atom stereocenters. The van der Waals surface area contributed by atoms with Gasteiger partial charge in [-0.3, -0.25) is 15.5 Å². The highest BCUT2D eigenvalue weighted by atomic mass is 16.6. The number of allylic oxidation sites excluding steroid dienone is 1. The number of aliphatic hydroxyl groups excluding tert-OH is 1. The van der Waals surface area contributed by atoms with Crippen LogP contribution >= 0.6 is 0 Å². The van der Waals surface area contributed by atoms with E-state index in [0.29, 0.717) is 34.9 Å². The normalized spacial score (nSPS) is 18.0. The Hall–Kier alpha value is -4.89. The van der Waals surface area contributed by atoms with Gasteiger partial charge in [0.15, 0.2) is 17.7 Å². The third kappa shape index (κ3) is 7.73. The Morgan fingerprint density at radius 1 is 1.20 bits per heavy atom. The van der Waals surface area contributed by atoms with Gasteiger partial charge in [0.1, 0.15) is 6.61 Å². The van der Waals surface area contributed by atoms with Crippen LogP contribution in [-0.4, -0.2) is 92.9 Å². The average molecular weight is 612 g/mol. The van der Waals surface area contributed by atoms with Crippen LogP contribution in [0.3, 0.4) is 0 Å². The van der Waals surface area contributed by atoms with E-state index in [1.165, 1.54) is 25.5 Å². The summed E-state index contributed by atoms with van der Waals surface area (Å²) < 4.78 is 16.4. The summed E-state index contributed by atoms with van der Waals surface area (Å²) in [6.45, 7) is 6.76. The first-order valence-corrected chi connectivity index (χ1v) is 14.1. The van der Waals surface area contributed by atoms with Gasteiger partial charge in [-0.05, 0) is 44.7 Å². The van der Waals surface area contributed by atoms with E-state index in [1.54, 1.807) is 38.1 Å². The summed E-state index contributed by atoms with van der Waals surface area (Å²) in [5.74, 6) is 0.0645. The van der Waals surface area contributed by atoms with Crippen molar-refractivity contribution in [1.82, 2.24) is 21.0 Å². The Labute approximate surface area is 254 Å². The molecule has 0 aromatic heterocycles. The average Bonchev–Trinajstić information content (AvgIpc) is 3.00. The number of hydrogen-bond donors (Lipinski definition) is 4. The molecule has 4 rings (SSSR count). The van der Waals surface area contributed by atoms with Crippen LogP contribution in [0.1, 0.15) is 31.0 Å². The van der Waals surface area contributed by atoms with Crippen molar-refractivity contribution in [3.8, 4) is 11.5 Å². The van der Waals surface area contributed by atoms with Crippen LogP contribution in [-0.2, 0) is 9.53 Å². The molecule has 2 atom stereocenters. The molecule has 2 aromatic rings. The molecule has 0 aliphatic carbocycles. The van der Waals surface area contributed by atoms with Crippen LogP contribution in [0.15, 0.2) is 52.8 Å². The summed E-state index contributed by atoms with van der Waals surface area (Å²) in [4.78, 5) is 39.9. The molecule has 2 heterocycles. The number of carbonyl (C=O) groups excluding carboxylic acids is 2. The van der Waals surface area contributed by atoms with Crippen LogP contribution in [0, 0.1) is 10.1 Å². The number of urea groups is 1. The van der Waals surface area contributed by atoms with Gasteiger partial charge >= 0.3 is 12.0 Å². The Balaban J connectivity index is 1.45. The summed E-state index contributed by atoms with van der Waals surface area (Å²) in [5.41, 5.74) is 5.06. The summed E-state index contributed by atoms with van der Waals surface area (Å²) in [6, 6.07) is 8.31. The van der Waals surface area contributed by atoms with Crippen molar-refractivity contribution >= 4 is 29.6 Å². The number of methoxy groups -OCH3 is 1. The smallest absolute Gasteiger partial charge is 0.337 e. The first kappa shape index (κ1) is 32.0. The zero-order chi connectivity index (χ0) is 31.8. The Bertz CT molecular complexity index is 1440. The molecule has 2 aliphatic rings. The van der Waals surface area contributed by atoms with Crippen molar-refractivity contribution in [2.45, 2.75) is 26.1 Å². The molecule has 44 heavy (non-hydrogen) atoms. The zero-order valence-corrected chi connectivity index (χ0v) is 25.0. The fourth-order valence-corrected chi connectivity index (χ4v) is 4.91. The van der Waals surface area contributed by atoms with Gasteiger partial charge in [-0.2, -0.15) is 5.10 Å². The molecule has 2 amide bonds. The van der Waals surface area contributed by atoms with E-state index in [0.717, 1.165) is 31.9 Å². The van der Waals surface area contributed by atoms with Crippen molar-refractivity contribution in [3.63, 3.8) is 0 Å². The number of nitrogens with one attached hydrogen (secondary N) is 3. The van der Waals surface area contributed by atoms with Gasteiger partial charge in [-0.1, -0.05) is 6.07 Å². The number of anilines is 1. The highest BCUT2D eigenvalue weighted by Gasteiger charge is 2.32. The standard InChI is InChI=1S/C29H37N7O8/c1-5-43-24-15-19(27-26(28(38)42-4)18(2)31-29(39)32-27)6-9-23(24)44-17-25(37)33-30-16-20-14-21(36(40)41)7-8-22(20)35-12-10-34(3)11-13-35/h6-9,14-16,25,27,33,37H,5,10-13,17H2,1-4H3,(H2,31,32,39)/b30-16-/t25-,27+/m1/s1. The summed E-state index contributed by atoms with van der Waals surface area (Å²) >= 11 is 0. The van der Waals surface area contributed by atoms with Gasteiger partial charge in [0.2, 0.25) is 0 Å². The lowest BCUT2D eigenvalue weighted by Crippen LogP contribution is -2.45. The van der Waals surface area contributed by atoms with E-state index in [2.05, 4.69) is 31.0 Å². The number of nitro groups is 1. The second kappa shape index (κ2) is 14.5. The third-order valence-electron chi connectivity index (χ3n) is 7.17. The second-order valence-corrected chi connectivity index (χ2v) is 10.2. The minimum absolute atomic E-state index is 0.0616. The number of nitrogens with zero attached hydrogens (tertiary/aromatic N) is 4. The predicted octanol–water partition coefficient (Wildman–Crippen LogP) is 1.87. The fourth-order valence-electron chi connectivity index (χ4n) is 4.91. The summed E-state index contributed by atoms with van der Waals surface area (Å²) in [6.07, 6.45) is 0.206. The number of amides is 2. The van der Waals surface area contributed by atoms with E-state index in [9.17, 15) is 24.8 Å². The highest BCUT2D eigenvalue weighted by Crippen LogP contribution is 2.35. The number of carbonyl (C=O) groups is 2. The quantitative estimate of drug-likeness (QED) is 0.0905. The number of hydrogen-bond acceptors (Lipinski definition) is 12. The first-order valence-electron chi connectivity index (χ1n) is 14.1. The molecule has 1 saturated heterocycles. The number of hydrazone groups is 1. The molecule has 0 saturated carbocycles. The first-order chi connectivity index (χ1) is 21.1. The topological polar surface area (TPSA) is 180 Å². The van der Waals surface area contributed by atoms with E-state index in [4.69, 9.17) is 14.2 Å². The molecule has 2 aromatic carbocycles. The van der Waals surface area contributed by atoms with Crippen molar-refractivity contribution in [3.05, 3.63) is 68.9 Å². The van der Waals surface area contributed by atoms with Crippen LogP contribution in [0.25, 0.3) is 0 Å². The maximum Gasteiger partial charge on any atom is 0.337 e. The molecule has 0 spiro atoms. The number of nitro benzene ring substituents is 1. The number of esters is 1. The van der Waals surface area contributed by atoms with Gasteiger partial charge in [-0.25, -0.2) is 9.59 Å². The van der Waals surface area contributed by atoms with Crippen LogP contribution < -0.4 is 30.4 Å². The van der Waals surface area contributed by atoms with Crippen LogP contribution in [0.2, 0.25) is 0 Å². The molecule has 15 nitrogen and oxygen atoms in total. The van der Waals surface area contributed by atoms with E-state index >= 15 is 0 Å². The number of ether oxygens (including phenoxy) is 3. The molecule has 1 fully saturated rings. The SMILES string of the molecule is CCOc1cc([C@@H]2NC(=O)NC(C)=C2C(=O)OC)ccc1OC[C@@H](O)N/N=C\c1cc([N+](=O)[O-])ccc1N1CCN(C)CC1. The number of aliphatic hydroxyl groups is 1. The Morgan fingerprint density at radius 3 is 2.64 bits per heavy atom. The van der Waals surface area contributed by atoms with Crippen LogP contribution in [0.5, 0.6) is 11.5 Å². The maximum atomic E-state index is 12.4. The number of rotatable bonds is 12. The van der Waals surface area contributed by atoms with Gasteiger partial charge < -0.3 is 39.8 Å². The second-order valence-electron chi connectivity index (χ2n) is 10.2. The number of benzene rings is 2. The van der Waals surface area contributed by atoms with E-state index < -0.39 is 29.2 Å². The van der Waals surface area contributed by atoms with Crippen molar-refractivity contribution in [1.29, 1.82) is 0 Å². The van der Waals surface area contributed by atoms with Crippen molar-refractivity contribution in [2.75, 3.05) is 58.5 Å². The lowest BCUT2D eigenvalue weighted by atomic mass is 9.95. The molecule has 0 bridgehead atoms. The summed E-state index contributed by atoms with van der Waals surface area (Å²) in [7, 11) is 3.31. The van der Waals surface area contributed by atoms with Gasteiger partial charge in [-0.15, -0.1) is 0 Å². The van der Waals surface area contributed by atoms with Crippen molar-refractivity contribution in [2.24, 2.45) is 5.10 Å². The molecule has 0 radical (unpaired) electrons. The predicted molar refractivity (Wildman–Crippen MR) is 162 cm³/mol. The lowest BCUT2D eigenvalue weighted by Gasteiger charge is -2.34. The monoisotopic (exact) mass is 611 g/mol. The third-order valence-corrected chi connectivity index (χ3v) is 7.17. The minimum Gasteiger partial charge on any atom is -0.490 e. The number of likely N-dealkylation sites (N-methyl/N-ethyl adjacent to an activating group) is 1. The molecular formula is C29H37N7O8. The van der Waals surface area contributed by atoms with Crippen LogP contribution in [0.4, 0.5) is 16.2 Å². The number of piperazine rings is 1. The fraction of sp³-hybridized carbons (Fsp3) is 0.414. The minimum atomic E-state index is -1.23. The lowest BCUT2D eigenvalue weighted by molar-refractivity contribution is -0.384. The van der Waals surface area contributed by atoms with Crippen molar-refractivity contribution < 1.29 is 33.8 Å². The molecule has 4 N–H and O–H groups in total. The summed E-state index contributed by atoms with van der Waals surface area (Å²) in [5, 5.41) is 31.3. The van der Waals surface area contributed by atoms with Gasteiger partial charge in [0.05, 0.1) is 36.5 Å². The highest BCUT2D eigenvalue weighted by molar-refractivity contribution is 5.95. The Kier molecular flexibility index (Phi) is 10.6. The maximum absolute atomic E-state index is 12.4. The molecular weight excluding hydrogens is 574 g/mol.